The lowest BCUT2D eigenvalue weighted by Gasteiger charge is -2.29. The quantitative estimate of drug-likeness (QED) is 0.592. The molecule has 0 aliphatic carbocycles. The normalized spacial score (nSPS) is 16.8. The van der Waals surface area contributed by atoms with Crippen molar-refractivity contribution in [2.75, 3.05) is 54.1 Å². The largest absolute Gasteiger partial charge is 0.378 e. The maximum atomic E-state index is 14.9. The Morgan fingerprint density at radius 2 is 1.82 bits per heavy atom. The number of anilines is 3. The number of nitrogens with zero attached hydrogens (tertiary/aromatic N) is 7. The molecule has 2 fully saturated rings. The highest BCUT2D eigenvalue weighted by Gasteiger charge is 2.32. The summed E-state index contributed by atoms with van der Waals surface area (Å²) in [5.74, 6) is 0.841. The molecule has 4 heterocycles. The number of halogens is 1. The zero-order valence-corrected chi connectivity index (χ0v) is 18.7. The summed E-state index contributed by atoms with van der Waals surface area (Å²) in [7, 11) is 0. The lowest BCUT2D eigenvalue weighted by atomic mass is 10.2. The van der Waals surface area contributed by atoms with Crippen LogP contribution >= 0.6 is 0 Å². The monoisotopic (exact) mass is 451 g/mol. The van der Waals surface area contributed by atoms with Gasteiger partial charge in [-0.25, -0.2) is 14.2 Å². The van der Waals surface area contributed by atoms with E-state index in [4.69, 9.17) is 4.74 Å². The van der Waals surface area contributed by atoms with E-state index in [0.29, 0.717) is 68.1 Å². The minimum absolute atomic E-state index is 0.180. The average Bonchev–Trinajstić information content (AvgIpc) is 3.47. The summed E-state index contributed by atoms with van der Waals surface area (Å²) in [6.07, 6.45) is 1.67. The molecule has 1 aromatic carbocycles. The highest BCUT2D eigenvalue weighted by atomic mass is 19.1. The number of rotatable bonds is 5. The van der Waals surface area contributed by atoms with Crippen molar-refractivity contribution in [1.82, 2.24) is 19.7 Å². The molecule has 2 aliphatic rings. The number of benzene rings is 1. The Morgan fingerprint density at radius 3 is 2.58 bits per heavy atom. The van der Waals surface area contributed by atoms with Gasteiger partial charge in [-0.3, -0.25) is 9.80 Å². The van der Waals surface area contributed by atoms with Crippen molar-refractivity contribution in [3.8, 4) is 11.5 Å². The van der Waals surface area contributed by atoms with Crippen LogP contribution in [0.4, 0.5) is 26.4 Å². The molecule has 9 nitrogen and oxygen atoms in total. The molecule has 2 aromatic heterocycles. The molecule has 0 N–H and O–H groups in total. The first-order valence-corrected chi connectivity index (χ1v) is 11.1. The molecule has 2 amide bonds. The fraction of sp³-hybridized carbons (Fsp3) is 0.391. The van der Waals surface area contributed by atoms with Crippen molar-refractivity contribution in [1.29, 1.82) is 0 Å². The zero-order valence-electron chi connectivity index (χ0n) is 18.7. The smallest absolute Gasteiger partial charge is 0.330 e. The Labute approximate surface area is 191 Å². The Bertz CT molecular complexity index is 1160. The van der Waals surface area contributed by atoms with Crippen molar-refractivity contribution < 1.29 is 13.9 Å². The van der Waals surface area contributed by atoms with Crippen LogP contribution in [0.25, 0.3) is 11.5 Å². The number of urea groups is 1. The SMILES string of the molecule is CC(C)n1cnnc1-c1cccc(N2CCN(c3ccc(N4CCOCC4)c(F)c3)C2=O)n1. The molecule has 0 bridgehead atoms. The number of hydrogen-bond acceptors (Lipinski definition) is 6. The molecule has 0 unspecified atom stereocenters. The predicted octanol–water partition coefficient (Wildman–Crippen LogP) is 3.34. The third-order valence-corrected chi connectivity index (χ3v) is 5.97. The fourth-order valence-electron chi connectivity index (χ4n) is 4.22. The Balaban J connectivity index is 1.37. The Kier molecular flexibility index (Phi) is 5.67. The molecule has 2 saturated heterocycles. The number of carbonyl (C=O) groups is 1. The topological polar surface area (TPSA) is 79.6 Å². The van der Waals surface area contributed by atoms with Crippen LogP contribution in [-0.4, -0.2) is 65.2 Å². The van der Waals surface area contributed by atoms with Crippen LogP contribution in [0.2, 0.25) is 0 Å². The summed E-state index contributed by atoms with van der Waals surface area (Å²) < 4.78 is 22.2. The first-order chi connectivity index (χ1) is 16.0. The van der Waals surface area contributed by atoms with Gasteiger partial charge in [0.05, 0.1) is 18.9 Å². The number of aromatic nitrogens is 4. The molecular weight excluding hydrogens is 425 g/mol. The Hall–Kier alpha value is -3.53. The van der Waals surface area contributed by atoms with Gasteiger partial charge in [0, 0.05) is 37.9 Å². The van der Waals surface area contributed by atoms with Crippen LogP contribution in [0, 0.1) is 5.82 Å². The second kappa shape index (κ2) is 8.78. The van der Waals surface area contributed by atoms with Crippen molar-refractivity contribution in [3.05, 3.63) is 48.5 Å². The van der Waals surface area contributed by atoms with Crippen LogP contribution in [0.15, 0.2) is 42.7 Å². The number of hydrogen-bond donors (Lipinski definition) is 0. The number of morpholine rings is 1. The van der Waals surface area contributed by atoms with Gasteiger partial charge < -0.3 is 14.2 Å². The summed E-state index contributed by atoms with van der Waals surface area (Å²) in [4.78, 5) is 23.0. The van der Waals surface area contributed by atoms with Gasteiger partial charge in [-0.15, -0.1) is 10.2 Å². The molecular formula is C23H26FN7O2. The summed E-state index contributed by atoms with van der Waals surface area (Å²) >= 11 is 0. The highest BCUT2D eigenvalue weighted by Crippen LogP contribution is 2.30. The van der Waals surface area contributed by atoms with Gasteiger partial charge in [-0.1, -0.05) is 6.07 Å². The lowest BCUT2D eigenvalue weighted by Crippen LogP contribution is -2.37. The minimum Gasteiger partial charge on any atom is -0.378 e. The summed E-state index contributed by atoms with van der Waals surface area (Å²) in [6.45, 7) is 7.46. The average molecular weight is 452 g/mol. The number of pyridine rings is 1. The van der Waals surface area contributed by atoms with Crippen LogP contribution in [-0.2, 0) is 4.74 Å². The summed E-state index contributed by atoms with van der Waals surface area (Å²) in [6, 6.07) is 10.4. The first kappa shape index (κ1) is 21.3. The standard InChI is InChI=1S/C23H26FN7O2/c1-16(2)31-15-25-27-22(31)19-4-3-5-21(26-19)30-9-8-29(23(30)32)17-6-7-20(18(24)14-17)28-10-12-33-13-11-28/h3-7,14-16H,8-13H2,1-2H3. The molecule has 0 radical (unpaired) electrons. The van der Waals surface area contributed by atoms with E-state index in [1.54, 1.807) is 34.3 Å². The predicted molar refractivity (Wildman–Crippen MR) is 123 cm³/mol. The first-order valence-electron chi connectivity index (χ1n) is 11.1. The number of ether oxygens (including phenoxy) is 1. The summed E-state index contributed by atoms with van der Waals surface area (Å²) in [5.41, 5.74) is 1.72. The van der Waals surface area contributed by atoms with Gasteiger partial charge in [0.1, 0.15) is 23.7 Å². The van der Waals surface area contributed by atoms with Gasteiger partial charge in [-0.05, 0) is 44.2 Å². The minimum atomic E-state index is -0.339. The van der Waals surface area contributed by atoms with E-state index in [1.807, 2.05) is 35.4 Å². The Morgan fingerprint density at radius 1 is 1.03 bits per heavy atom. The van der Waals surface area contributed by atoms with Crippen LogP contribution in [0.5, 0.6) is 0 Å². The van der Waals surface area contributed by atoms with Gasteiger partial charge in [-0.2, -0.15) is 0 Å². The maximum absolute atomic E-state index is 14.9. The third-order valence-electron chi connectivity index (χ3n) is 5.97. The lowest BCUT2D eigenvalue weighted by molar-refractivity contribution is 0.122. The van der Waals surface area contributed by atoms with E-state index < -0.39 is 0 Å². The van der Waals surface area contributed by atoms with E-state index in [1.165, 1.54) is 6.07 Å². The number of carbonyl (C=O) groups excluding carboxylic acids is 1. The maximum Gasteiger partial charge on any atom is 0.330 e. The van der Waals surface area contributed by atoms with Crippen molar-refractivity contribution in [2.45, 2.75) is 19.9 Å². The van der Waals surface area contributed by atoms with E-state index in [0.717, 1.165) is 0 Å². The van der Waals surface area contributed by atoms with Crippen molar-refractivity contribution in [2.24, 2.45) is 0 Å². The molecule has 5 rings (SSSR count). The second-order valence-corrected chi connectivity index (χ2v) is 8.36. The number of amides is 2. The molecule has 0 saturated carbocycles. The highest BCUT2D eigenvalue weighted by molar-refractivity contribution is 6.05. The molecule has 0 atom stereocenters. The van der Waals surface area contributed by atoms with Gasteiger partial charge >= 0.3 is 6.03 Å². The van der Waals surface area contributed by atoms with Crippen LogP contribution in [0.3, 0.4) is 0 Å². The second-order valence-electron chi connectivity index (χ2n) is 8.36. The summed E-state index contributed by atoms with van der Waals surface area (Å²) in [5, 5.41) is 8.20. The molecule has 10 heteroatoms. The molecule has 3 aromatic rings. The zero-order chi connectivity index (χ0) is 22.9. The van der Waals surface area contributed by atoms with Crippen molar-refractivity contribution >= 4 is 23.2 Å². The van der Waals surface area contributed by atoms with E-state index in [2.05, 4.69) is 15.2 Å². The third kappa shape index (κ3) is 4.02. The van der Waals surface area contributed by atoms with Crippen LogP contribution in [0.1, 0.15) is 19.9 Å². The van der Waals surface area contributed by atoms with E-state index in [-0.39, 0.29) is 17.9 Å². The fourth-order valence-corrected chi connectivity index (χ4v) is 4.22. The van der Waals surface area contributed by atoms with Gasteiger partial charge in [0.15, 0.2) is 5.82 Å². The molecule has 33 heavy (non-hydrogen) atoms. The molecule has 172 valence electrons. The molecule has 0 spiro atoms. The van der Waals surface area contributed by atoms with E-state index in [9.17, 15) is 9.18 Å². The van der Waals surface area contributed by atoms with Gasteiger partial charge in [0.25, 0.3) is 0 Å². The van der Waals surface area contributed by atoms with Crippen LogP contribution < -0.4 is 14.7 Å². The molecule has 2 aliphatic heterocycles. The van der Waals surface area contributed by atoms with Crippen molar-refractivity contribution in [3.63, 3.8) is 0 Å². The van der Waals surface area contributed by atoms with Gasteiger partial charge in [0.2, 0.25) is 0 Å². The van der Waals surface area contributed by atoms with E-state index >= 15 is 0 Å².